The van der Waals surface area contributed by atoms with Gasteiger partial charge in [0.1, 0.15) is 0 Å². The summed E-state index contributed by atoms with van der Waals surface area (Å²) in [6, 6.07) is 3.47. The van der Waals surface area contributed by atoms with Crippen LogP contribution in [0.15, 0.2) is 0 Å². The lowest BCUT2D eigenvalue weighted by molar-refractivity contribution is 0.151. The Kier molecular flexibility index (Phi) is 5.03. The van der Waals surface area contributed by atoms with Gasteiger partial charge in [0.05, 0.1) is 12.0 Å². The lowest BCUT2D eigenvalue weighted by atomic mass is 9.90. The number of rotatable bonds is 4. The van der Waals surface area contributed by atoms with E-state index in [0.29, 0.717) is 12.1 Å². The highest BCUT2D eigenvalue weighted by atomic mass is 15.1. The van der Waals surface area contributed by atoms with Crippen molar-refractivity contribution < 1.29 is 0 Å². The third kappa shape index (κ3) is 3.24. The van der Waals surface area contributed by atoms with E-state index in [4.69, 9.17) is 5.26 Å². The van der Waals surface area contributed by atoms with Crippen molar-refractivity contribution in [2.75, 3.05) is 19.6 Å². The van der Waals surface area contributed by atoms with Gasteiger partial charge in [-0.3, -0.25) is 0 Å². The molecule has 0 aromatic carbocycles. The van der Waals surface area contributed by atoms with Gasteiger partial charge in [0.15, 0.2) is 0 Å². The van der Waals surface area contributed by atoms with Crippen LogP contribution in [0.1, 0.15) is 46.0 Å². The van der Waals surface area contributed by atoms with Gasteiger partial charge >= 0.3 is 0 Å². The van der Waals surface area contributed by atoms with Crippen molar-refractivity contribution in [2.24, 2.45) is 11.8 Å². The average molecular weight is 249 g/mol. The minimum atomic E-state index is 0.248. The third-order valence-corrected chi connectivity index (χ3v) is 4.86. The van der Waals surface area contributed by atoms with Crippen molar-refractivity contribution >= 4 is 0 Å². The molecular formula is C15H27N3. The number of hydrogen-bond donors (Lipinski definition) is 1. The SMILES string of the molecule is CCN1CCCC(C(C)NC2CCCC2C#N)C1. The van der Waals surface area contributed by atoms with Gasteiger partial charge in [-0.2, -0.15) is 5.26 Å². The maximum atomic E-state index is 9.14. The quantitative estimate of drug-likeness (QED) is 0.831. The second kappa shape index (κ2) is 6.54. The predicted octanol–water partition coefficient (Wildman–Crippen LogP) is 2.39. The number of nitriles is 1. The summed E-state index contributed by atoms with van der Waals surface area (Å²) in [4.78, 5) is 2.56. The first-order valence-corrected chi connectivity index (χ1v) is 7.62. The van der Waals surface area contributed by atoms with Crippen LogP contribution in [0, 0.1) is 23.2 Å². The standard InChI is InChI=1S/C15H27N3/c1-3-18-9-5-7-14(11-18)12(2)17-15-8-4-6-13(15)10-16/h12-15,17H,3-9,11H2,1-2H3. The summed E-state index contributed by atoms with van der Waals surface area (Å²) in [5.74, 6) is 1.01. The van der Waals surface area contributed by atoms with Gasteiger partial charge in [0, 0.05) is 18.6 Å². The molecule has 1 saturated carbocycles. The average Bonchev–Trinajstić information content (AvgIpc) is 2.86. The molecule has 2 fully saturated rings. The van der Waals surface area contributed by atoms with E-state index in [2.05, 4.69) is 30.1 Å². The van der Waals surface area contributed by atoms with Gasteiger partial charge in [-0.05, 0) is 51.6 Å². The highest BCUT2D eigenvalue weighted by molar-refractivity contribution is 4.98. The zero-order valence-electron chi connectivity index (χ0n) is 11.9. The van der Waals surface area contributed by atoms with E-state index in [0.717, 1.165) is 12.3 Å². The second-order valence-electron chi connectivity index (χ2n) is 6.02. The Morgan fingerprint density at radius 3 is 2.89 bits per heavy atom. The maximum absolute atomic E-state index is 9.14. The Morgan fingerprint density at radius 2 is 2.17 bits per heavy atom. The fourth-order valence-electron chi connectivity index (χ4n) is 3.57. The first kappa shape index (κ1) is 13.8. The van der Waals surface area contributed by atoms with Crippen LogP contribution in [0.3, 0.4) is 0 Å². The zero-order chi connectivity index (χ0) is 13.0. The summed E-state index contributed by atoms with van der Waals surface area (Å²) >= 11 is 0. The van der Waals surface area contributed by atoms with Gasteiger partial charge < -0.3 is 10.2 Å². The van der Waals surface area contributed by atoms with Crippen molar-refractivity contribution in [2.45, 2.75) is 58.0 Å². The summed E-state index contributed by atoms with van der Waals surface area (Å²) in [5.41, 5.74) is 0. The van der Waals surface area contributed by atoms with Gasteiger partial charge in [0.2, 0.25) is 0 Å². The molecule has 2 aliphatic rings. The molecule has 0 aromatic rings. The molecule has 1 aliphatic heterocycles. The smallest absolute Gasteiger partial charge is 0.0672 e. The Labute approximate surface area is 112 Å². The second-order valence-corrected chi connectivity index (χ2v) is 6.02. The molecule has 0 aromatic heterocycles. The van der Waals surface area contributed by atoms with E-state index in [1.807, 2.05) is 0 Å². The van der Waals surface area contributed by atoms with E-state index in [9.17, 15) is 0 Å². The van der Waals surface area contributed by atoms with Crippen LogP contribution in [0.5, 0.6) is 0 Å². The molecule has 4 atom stereocenters. The van der Waals surface area contributed by atoms with Crippen LogP contribution in [-0.4, -0.2) is 36.6 Å². The molecular weight excluding hydrogens is 222 g/mol. The Morgan fingerprint density at radius 1 is 1.33 bits per heavy atom. The molecule has 18 heavy (non-hydrogen) atoms. The topological polar surface area (TPSA) is 39.1 Å². The Bertz CT molecular complexity index is 297. The molecule has 2 rings (SSSR count). The number of piperidine rings is 1. The largest absolute Gasteiger partial charge is 0.310 e. The molecule has 1 heterocycles. The summed E-state index contributed by atoms with van der Waals surface area (Å²) in [6.07, 6.45) is 6.17. The predicted molar refractivity (Wildman–Crippen MR) is 74.2 cm³/mol. The lowest BCUT2D eigenvalue weighted by Gasteiger charge is -2.36. The molecule has 0 amide bonds. The van der Waals surface area contributed by atoms with Crippen molar-refractivity contribution in [1.29, 1.82) is 5.26 Å². The molecule has 102 valence electrons. The highest BCUT2D eigenvalue weighted by Crippen LogP contribution is 2.27. The molecule has 1 N–H and O–H groups in total. The van der Waals surface area contributed by atoms with Crippen LogP contribution in [0.2, 0.25) is 0 Å². The highest BCUT2D eigenvalue weighted by Gasteiger charge is 2.31. The van der Waals surface area contributed by atoms with Crippen LogP contribution in [0.25, 0.3) is 0 Å². The summed E-state index contributed by atoms with van der Waals surface area (Å²) in [5, 5.41) is 12.9. The maximum Gasteiger partial charge on any atom is 0.0672 e. The first-order chi connectivity index (χ1) is 8.74. The van der Waals surface area contributed by atoms with E-state index in [1.54, 1.807) is 0 Å². The molecule has 1 aliphatic carbocycles. The third-order valence-electron chi connectivity index (χ3n) is 4.86. The van der Waals surface area contributed by atoms with Gasteiger partial charge in [-0.25, -0.2) is 0 Å². The van der Waals surface area contributed by atoms with Crippen molar-refractivity contribution in [3.05, 3.63) is 0 Å². The van der Waals surface area contributed by atoms with E-state index >= 15 is 0 Å². The Hall–Kier alpha value is -0.590. The number of nitrogens with one attached hydrogen (secondary N) is 1. The minimum Gasteiger partial charge on any atom is -0.310 e. The van der Waals surface area contributed by atoms with Crippen molar-refractivity contribution in [1.82, 2.24) is 10.2 Å². The molecule has 0 radical (unpaired) electrons. The van der Waals surface area contributed by atoms with Gasteiger partial charge in [-0.15, -0.1) is 0 Å². The molecule has 3 heteroatoms. The number of hydrogen-bond acceptors (Lipinski definition) is 3. The van der Waals surface area contributed by atoms with E-state index in [1.165, 1.54) is 45.3 Å². The lowest BCUT2D eigenvalue weighted by Crippen LogP contribution is -2.48. The fourth-order valence-corrected chi connectivity index (χ4v) is 3.57. The summed E-state index contributed by atoms with van der Waals surface area (Å²) in [7, 11) is 0. The summed E-state index contributed by atoms with van der Waals surface area (Å²) in [6.45, 7) is 8.24. The van der Waals surface area contributed by atoms with E-state index < -0.39 is 0 Å². The monoisotopic (exact) mass is 249 g/mol. The van der Waals surface area contributed by atoms with Gasteiger partial charge in [-0.1, -0.05) is 13.3 Å². The van der Waals surface area contributed by atoms with Crippen LogP contribution in [0.4, 0.5) is 0 Å². The molecule has 0 spiro atoms. The van der Waals surface area contributed by atoms with Crippen molar-refractivity contribution in [3.63, 3.8) is 0 Å². The fraction of sp³-hybridized carbons (Fsp3) is 0.933. The van der Waals surface area contributed by atoms with E-state index in [-0.39, 0.29) is 5.92 Å². The van der Waals surface area contributed by atoms with Crippen molar-refractivity contribution in [3.8, 4) is 6.07 Å². The zero-order valence-corrected chi connectivity index (χ0v) is 11.9. The number of likely N-dealkylation sites (tertiary alicyclic amines) is 1. The number of nitrogens with zero attached hydrogens (tertiary/aromatic N) is 2. The van der Waals surface area contributed by atoms with Crippen LogP contribution < -0.4 is 5.32 Å². The Balaban J connectivity index is 1.83. The van der Waals surface area contributed by atoms with Crippen LogP contribution >= 0.6 is 0 Å². The first-order valence-electron chi connectivity index (χ1n) is 7.62. The normalized spacial score (nSPS) is 35.3. The van der Waals surface area contributed by atoms with Gasteiger partial charge in [0.25, 0.3) is 0 Å². The molecule has 0 bridgehead atoms. The molecule has 3 nitrogen and oxygen atoms in total. The molecule has 4 unspecified atom stereocenters. The summed E-state index contributed by atoms with van der Waals surface area (Å²) < 4.78 is 0. The molecule has 1 saturated heterocycles. The van der Waals surface area contributed by atoms with Crippen LogP contribution in [-0.2, 0) is 0 Å². The minimum absolute atomic E-state index is 0.248.